The summed E-state index contributed by atoms with van der Waals surface area (Å²) >= 11 is 0. The second kappa shape index (κ2) is 10.7. The van der Waals surface area contributed by atoms with Crippen LogP contribution in [0.1, 0.15) is 54.4 Å². The van der Waals surface area contributed by atoms with Gasteiger partial charge < -0.3 is 15.4 Å². The maximum Gasteiger partial charge on any atom is 0.253 e. The maximum absolute atomic E-state index is 13.0. The number of sulfonamides is 1. The summed E-state index contributed by atoms with van der Waals surface area (Å²) < 4.78 is 31.5. The summed E-state index contributed by atoms with van der Waals surface area (Å²) in [7, 11) is -2.18. The molecule has 4 aliphatic carbocycles. The average molecular weight is 540 g/mol. The fourth-order valence-electron chi connectivity index (χ4n) is 7.32. The van der Waals surface area contributed by atoms with Gasteiger partial charge in [-0.1, -0.05) is 24.3 Å². The molecule has 8 nitrogen and oxygen atoms in total. The Bertz CT molecular complexity index is 1260. The fraction of sp³-hybridized carbons (Fsp3) is 0.517. The summed E-state index contributed by atoms with van der Waals surface area (Å²) in [5.74, 6) is 1.59. The zero-order chi connectivity index (χ0) is 26.9. The molecule has 9 heteroatoms. The van der Waals surface area contributed by atoms with Gasteiger partial charge in [-0.05, 0) is 91.5 Å². The van der Waals surface area contributed by atoms with E-state index in [9.17, 15) is 18.0 Å². The number of anilines is 2. The lowest BCUT2D eigenvalue weighted by molar-refractivity contribution is -0.114. The van der Waals surface area contributed by atoms with E-state index in [-0.39, 0.29) is 11.3 Å². The van der Waals surface area contributed by atoms with E-state index in [2.05, 4.69) is 22.8 Å². The summed E-state index contributed by atoms with van der Waals surface area (Å²) in [6.07, 6.45) is 8.90. The van der Waals surface area contributed by atoms with Crippen LogP contribution in [0.15, 0.2) is 48.5 Å². The van der Waals surface area contributed by atoms with E-state index in [4.69, 9.17) is 4.74 Å². The molecule has 0 heterocycles. The molecule has 2 N–H and O–H groups in total. The molecular weight excluding hydrogens is 502 g/mol. The molecule has 0 aromatic heterocycles. The SMILES string of the molecule is COCCNC(=O)c1ccccc1NC(=O)CN(c1ccc(C23CC4CC(CC(C4)C2)C3)cc1)S(C)(=O)=O. The molecule has 204 valence electrons. The zero-order valence-corrected chi connectivity index (χ0v) is 22.9. The molecule has 4 saturated carbocycles. The number of carbonyl (C=O) groups is 2. The number of benzene rings is 2. The van der Waals surface area contributed by atoms with E-state index in [0.29, 0.717) is 30.1 Å². The van der Waals surface area contributed by atoms with Crippen LogP contribution in [0.4, 0.5) is 11.4 Å². The van der Waals surface area contributed by atoms with Crippen molar-refractivity contribution in [1.82, 2.24) is 5.32 Å². The third kappa shape index (κ3) is 5.59. The van der Waals surface area contributed by atoms with Gasteiger partial charge in [0, 0.05) is 13.7 Å². The quantitative estimate of drug-likeness (QED) is 0.445. The van der Waals surface area contributed by atoms with E-state index >= 15 is 0 Å². The highest BCUT2D eigenvalue weighted by Crippen LogP contribution is 2.60. The molecule has 0 atom stereocenters. The number of hydrogen-bond acceptors (Lipinski definition) is 5. The van der Waals surface area contributed by atoms with Gasteiger partial charge in [-0.2, -0.15) is 0 Å². The van der Waals surface area contributed by atoms with Crippen LogP contribution in [-0.4, -0.2) is 53.3 Å². The third-order valence-corrected chi connectivity index (χ3v) is 9.67. The standard InChI is InChI=1S/C29H37N3O5S/c1-37-12-11-30-28(34)25-5-3-4-6-26(25)31-27(33)19-32(38(2,35)36)24-9-7-23(8-10-24)29-16-20-13-21(17-29)15-22(14-20)18-29/h3-10,20-22H,11-19H2,1-2H3,(H,30,34)(H,31,33). The van der Waals surface area contributed by atoms with Crippen molar-refractivity contribution in [2.75, 3.05) is 42.7 Å². The van der Waals surface area contributed by atoms with Crippen LogP contribution >= 0.6 is 0 Å². The smallest absolute Gasteiger partial charge is 0.253 e. The molecule has 4 aliphatic rings. The van der Waals surface area contributed by atoms with Crippen LogP contribution in [0.25, 0.3) is 0 Å². The molecule has 0 saturated heterocycles. The van der Waals surface area contributed by atoms with Crippen molar-refractivity contribution in [3.63, 3.8) is 0 Å². The van der Waals surface area contributed by atoms with E-state index in [1.165, 1.54) is 44.1 Å². The second-order valence-corrected chi connectivity index (χ2v) is 13.3. The van der Waals surface area contributed by atoms with Crippen LogP contribution < -0.4 is 14.9 Å². The van der Waals surface area contributed by atoms with Gasteiger partial charge in [-0.3, -0.25) is 13.9 Å². The topological polar surface area (TPSA) is 105 Å². The lowest BCUT2D eigenvalue weighted by Crippen LogP contribution is -2.48. The van der Waals surface area contributed by atoms with Gasteiger partial charge in [0.2, 0.25) is 15.9 Å². The molecular formula is C29H37N3O5S. The maximum atomic E-state index is 13.0. The molecule has 2 aromatic carbocycles. The third-order valence-electron chi connectivity index (χ3n) is 8.53. The number of nitrogens with zero attached hydrogens (tertiary/aromatic N) is 1. The van der Waals surface area contributed by atoms with Crippen molar-refractivity contribution in [2.24, 2.45) is 17.8 Å². The highest BCUT2D eigenvalue weighted by atomic mass is 32.2. The van der Waals surface area contributed by atoms with Gasteiger partial charge in [0.1, 0.15) is 6.54 Å². The van der Waals surface area contributed by atoms with Crippen LogP contribution in [0.2, 0.25) is 0 Å². The van der Waals surface area contributed by atoms with Crippen LogP contribution in [0.3, 0.4) is 0 Å². The Morgan fingerprint density at radius 2 is 1.58 bits per heavy atom. The largest absolute Gasteiger partial charge is 0.383 e. The minimum Gasteiger partial charge on any atom is -0.383 e. The number of methoxy groups -OCH3 is 1. The predicted molar refractivity (Wildman–Crippen MR) is 148 cm³/mol. The molecule has 0 unspecified atom stereocenters. The molecule has 0 aliphatic heterocycles. The highest BCUT2D eigenvalue weighted by molar-refractivity contribution is 7.92. The Kier molecular flexibility index (Phi) is 7.51. The first-order chi connectivity index (χ1) is 18.2. The Hall–Kier alpha value is -2.91. The number of hydrogen-bond donors (Lipinski definition) is 2. The Morgan fingerprint density at radius 1 is 0.974 bits per heavy atom. The van der Waals surface area contributed by atoms with Gasteiger partial charge in [-0.15, -0.1) is 0 Å². The molecule has 0 radical (unpaired) electrons. The minimum atomic E-state index is -3.73. The Labute approximate surface area is 225 Å². The molecule has 38 heavy (non-hydrogen) atoms. The molecule has 2 amide bonds. The van der Waals surface area contributed by atoms with Crippen molar-refractivity contribution in [1.29, 1.82) is 0 Å². The molecule has 2 aromatic rings. The van der Waals surface area contributed by atoms with Crippen molar-refractivity contribution >= 4 is 33.2 Å². The molecule has 6 rings (SSSR count). The zero-order valence-electron chi connectivity index (χ0n) is 22.1. The van der Waals surface area contributed by atoms with Gasteiger partial charge in [0.25, 0.3) is 5.91 Å². The summed E-state index contributed by atoms with van der Waals surface area (Å²) in [6.45, 7) is 0.305. The van der Waals surface area contributed by atoms with Crippen molar-refractivity contribution in [2.45, 2.75) is 43.9 Å². The number of nitrogens with one attached hydrogen (secondary N) is 2. The first-order valence-corrected chi connectivity index (χ1v) is 15.3. The average Bonchev–Trinajstić information content (AvgIpc) is 2.86. The predicted octanol–water partition coefficient (Wildman–Crippen LogP) is 3.94. The van der Waals surface area contributed by atoms with Crippen LogP contribution in [-0.2, 0) is 25.0 Å². The lowest BCUT2D eigenvalue weighted by Gasteiger charge is -2.57. The first-order valence-electron chi connectivity index (χ1n) is 13.4. The van der Waals surface area contributed by atoms with Gasteiger partial charge >= 0.3 is 0 Å². The summed E-state index contributed by atoms with van der Waals surface area (Å²) in [4.78, 5) is 25.6. The van der Waals surface area contributed by atoms with E-state index < -0.39 is 22.5 Å². The number of para-hydroxylation sites is 1. The highest BCUT2D eigenvalue weighted by Gasteiger charge is 2.51. The van der Waals surface area contributed by atoms with E-state index in [1.54, 1.807) is 31.4 Å². The second-order valence-electron chi connectivity index (χ2n) is 11.4. The Balaban J connectivity index is 1.30. The van der Waals surface area contributed by atoms with Gasteiger partial charge in [0.05, 0.1) is 29.8 Å². The normalized spacial score (nSPS) is 25.7. The Morgan fingerprint density at radius 3 is 2.16 bits per heavy atom. The van der Waals surface area contributed by atoms with Crippen LogP contribution in [0.5, 0.6) is 0 Å². The van der Waals surface area contributed by atoms with Crippen LogP contribution in [0, 0.1) is 17.8 Å². The number of ether oxygens (including phenoxy) is 1. The number of amides is 2. The van der Waals surface area contributed by atoms with Gasteiger partial charge in [-0.25, -0.2) is 8.42 Å². The number of rotatable bonds is 10. The summed E-state index contributed by atoms with van der Waals surface area (Å²) in [6, 6.07) is 14.4. The minimum absolute atomic E-state index is 0.216. The van der Waals surface area contributed by atoms with Crippen molar-refractivity contribution in [3.8, 4) is 0 Å². The van der Waals surface area contributed by atoms with Gasteiger partial charge in [0.15, 0.2) is 0 Å². The van der Waals surface area contributed by atoms with Crippen molar-refractivity contribution < 1.29 is 22.7 Å². The monoisotopic (exact) mass is 539 g/mol. The lowest BCUT2D eigenvalue weighted by atomic mass is 9.48. The molecule has 0 spiro atoms. The first kappa shape index (κ1) is 26.7. The van der Waals surface area contributed by atoms with E-state index in [0.717, 1.165) is 28.3 Å². The van der Waals surface area contributed by atoms with Crippen molar-refractivity contribution in [3.05, 3.63) is 59.7 Å². The fourth-order valence-corrected chi connectivity index (χ4v) is 8.17. The summed E-state index contributed by atoms with van der Waals surface area (Å²) in [5.41, 5.74) is 2.59. The molecule has 4 bridgehead atoms. The van der Waals surface area contributed by atoms with E-state index in [1.807, 2.05) is 12.1 Å². The summed E-state index contributed by atoms with van der Waals surface area (Å²) in [5, 5.41) is 5.45. The number of carbonyl (C=O) groups excluding carboxylic acids is 2. The molecule has 4 fully saturated rings.